The first kappa shape index (κ1) is 12.3. The number of aromatic nitrogens is 2. The highest BCUT2D eigenvalue weighted by Crippen LogP contribution is 2.16. The quantitative estimate of drug-likeness (QED) is 0.701. The van der Waals surface area contributed by atoms with Crippen LogP contribution in [0.25, 0.3) is 11.6 Å². The standard InChI is InChI=1S/C13H15N3O2/c1-3-7-16(8-4-2)10-12-14-13(15-18-12)11-6-5-9-17-11/h3-6,9H,1-2,7-8,10H2. The topological polar surface area (TPSA) is 55.3 Å². The molecule has 0 radical (unpaired) electrons. The Kier molecular flexibility index (Phi) is 4.09. The van der Waals surface area contributed by atoms with Gasteiger partial charge in [-0.15, -0.1) is 13.2 Å². The Morgan fingerprint density at radius 2 is 2.06 bits per heavy atom. The molecule has 5 heteroatoms. The van der Waals surface area contributed by atoms with Crippen molar-refractivity contribution in [3.05, 3.63) is 49.6 Å². The Labute approximate surface area is 105 Å². The molecular weight excluding hydrogens is 230 g/mol. The Bertz CT molecular complexity index is 492. The number of rotatable bonds is 7. The van der Waals surface area contributed by atoms with Crippen molar-refractivity contribution in [2.45, 2.75) is 6.54 Å². The second kappa shape index (κ2) is 5.97. The summed E-state index contributed by atoms with van der Waals surface area (Å²) in [6, 6.07) is 3.58. The SMILES string of the molecule is C=CCN(CC=C)Cc1nc(-c2ccco2)no1. The van der Waals surface area contributed by atoms with E-state index in [0.29, 0.717) is 24.0 Å². The first-order valence-corrected chi connectivity index (χ1v) is 5.64. The summed E-state index contributed by atoms with van der Waals surface area (Å²) >= 11 is 0. The molecule has 0 fully saturated rings. The molecule has 5 nitrogen and oxygen atoms in total. The third-order valence-corrected chi connectivity index (χ3v) is 2.34. The van der Waals surface area contributed by atoms with E-state index in [2.05, 4.69) is 28.2 Å². The second-order valence-electron chi connectivity index (χ2n) is 3.76. The summed E-state index contributed by atoms with van der Waals surface area (Å²) in [7, 11) is 0. The van der Waals surface area contributed by atoms with Gasteiger partial charge < -0.3 is 8.94 Å². The van der Waals surface area contributed by atoms with E-state index in [9.17, 15) is 0 Å². The van der Waals surface area contributed by atoms with E-state index in [1.165, 1.54) is 0 Å². The predicted octanol–water partition coefficient (Wildman–Crippen LogP) is 2.50. The van der Waals surface area contributed by atoms with Gasteiger partial charge in [0, 0.05) is 13.1 Å². The van der Waals surface area contributed by atoms with Crippen LogP contribution < -0.4 is 0 Å². The number of hydrogen-bond donors (Lipinski definition) is 0. The summed E-state index contributed by atoms with van der Waals surface area (Å²) in [6.45, 7) is 9.47. The van der Waals surface area contributed by atoms with Gasteiger partial charge in [-0.3, -0.25) is 4.90 Å². The molecule has 0 aromatic carbocycles. The van der Waals surface area contributed by atoms with Gasteiger partial charge in [0.25, 0.3) is 0 Å². The summed E-state index contributed by atoms with van der Waals surface area (Å²) in [6.07, 6.45) is 5.23. The van der Waals surface area contributed by atoms with E-state index >= 15 is 0 Å². The van der Waals surface area contributed by atoms with Crippen molar-refractivity contribution in [2.24, 2.45) is 0 Å². The zero-order valence-electron chi connectivity index (χ0n) is 10.1. The normalized spacial score (nSPS) is 10.7. The lowest BCUT2D eigenvalue weighted by Gasteiger charge is -2.15. The van der Waals surface area contributed by atoms with E-state index < -0.39 is 0 Å². The summed E-state index contributed by atoms with van der Waals surface area (Å²) in [5, 5.41) is 3.87. The fourth-order valence-electron chi connectivity index (χ4n) is 1.59. The van der Waals surface area contributed by atoms with Crippen molar-refractivity contribution in [3.8, 4) is 11.6 Å². The molecule has 0 atom stereocenters. The fraction of sp³-hybridized carbons (Fsp3) is 0.231. The zero-order valence-corrected chi connectivity index (χ0v) is 10.1. The second-order valence-corrected chi connectivity index (χ2v) is 3.76. The Hall–Kier alpha value is -2.14. The first-order valence-electron chi connectivity index (χ1n) is 5.64. The van der Waals surface area contributed by atoms with Crippen molar-refractivity contribution in [2.75, 3.05) is 13.1 Å². The van der Waals surface area contributed by atoms with Gasteiger partial charge in [0.2, 0.25) is 11.7 Å². The van der Waals surface area contributed by atoms with Crippen molar-refractivity contribution >= 4 is 0 Å². The molecule has 0 aliphatic carbocycles. The molecule has 2 rings (SSSR count). The maximum Gasteiger partial charge on any atom is 0.241 e. The van der Waals surface area contributed by atoms with Crippen LogP contribution >= 0.6 is 0 Å². The van der Waals surface area contributed by atoms with Gasteiger partial charge in [-0.1, -0.05) is 17.3 Å². The lowest BCUT2D eigenvalue weighted by atomic mass is 10.4. The van der Waals surface area contributed by atoms with Crippen LogP contribution in [0.4, 0.5) is 0 Å². The molecule has 94 valence electrons. The average molecular weight is 245 g/mol. The van der Waals surface area contributed by atoms with Crippen LogP contribution in [0.1, 0.15) is 5.89 Å². The summed E-state index contributed by atoms with van der Waals surface area (Å²) < 4.78 is 10.4. The third-order valence-electron chi connectivity index (χ3n) is 2.34. The molecule has 2 heterocycles. The molecule has 0 N–H and O–H groups in total. The van der Waals surface area contributed by atoms with Crippen LogP contribution in [-0.2, 0) is 6.54 Å². The van der Waals surface area contributed by atoms with E-state index in [4.69, 9.17) is 8.94 Å². The van der Waals surface area contributed by atoms with Crippen molar-refractivity contribution in [1.29, 1.82) is 0 Å². The molecule has 0 saturated heterocycles. The lowest BCUT2D eigenvalue weighted by Crippen LogP contribution is -2.23. The molecule has 2 aromatic rings. The molecule has 0 bridgehead atoms. The molecular formula is C13H15N3O2. The third kappa shape index (κ3) is 2.95. The van der Waals surface area contributed by atoms with Gasteiger partial charge in [0.15, 0.2) is 5.76 Å². The molecule has 0 amide bonds. The van der Waals surface area contributed by atoms with Gasteiger partial charge >= 0.3 is 0 Å². The lowest BCUT2D eigenvalue weighted by molar-refractivity contribution is 0.266. The Morgan fingerprint density at radius 3 is 2.67 bits per heavy atom. The van der Waals surface area contributed by atoms with Crippen LogP contribution in [0.3, 0.4) is 0 Å². The minimum absolute atomic E-state index is 0.465. The molecule has 0 aliphatic heterocycles. The molecule has 0 spiro atoms. The first-order chi connectivity index (χ1) is 8.83. The van der Waals surface area contributed by atoms with Gasteiger partial charge in [-0.2, -0.15) is 4.98 Å². The molecule has 0 unspecified atom stereocenters. The van der Waals surface area contributed by atoms with Crippen LogP contribution in [-0.4, -0.2) is 28.1 Å². The monoisotopic (exact) mass is 245 g/mol. The molecule has 18 heavy (non-hydrogen) atoms. The van der Waals surface area contributed by atoms with E-state index in [-0.39, 0.29) is 0 Å². The molecule has 0 saturated carbocycles. The average Bonchev–Trinajstić information content (AvgIpc) is 2.98. The Balaban J connectivity index is 2.05. The predicted molar refractivity (Wildman–Crippen MR) is 67.7 cm³/mol. The van der Waals surface area contributed by atoms with Crippen molar-refractivity contribution < 1.29 is 8.94 Å². The highest BCUT2D eigenvalue weighted by Gasteiger charge is 2.12. The van der Waals surface area contributed by atoms with Gasteiger partial charge in [-0.25, -0.2) is 0 Å². The maximum atomic E-state index is 5.20. The van der Waals surface area contributed by atoms with Crippen molar-refractivity contribution in [1.82, 2.24) is 15.0 Å². The minimum atomic E-state index is 0.465. The minimum Gasteiger partial charge on any atom is -0.461 e. The van der Waals surface area contributed by atoms with Crippen LogP contribution in [0.15, 0.2) is 52.6 Å². The summed E-state index contributed by atoms with van der Waals surface area (Å²) in [5.41, 5.74) is 0. The van der Waals surface area contributed by atoms with Crippen LogP contribution in [0.2, 0.25) is 0 Å². The van der Waals surface area contributed by atoms with Gasteiger partial charge in [-0.05, 0) is 12.1 Å². The highest BCUT2D eigenvalue weighted by molar-refractivity contribution is 5.44. The van der Waals surface area contributed by atoms with E-state index in [0.717, 1.165) is 13.1 Å². The van der Waals surface area contributed by atoms with E-state index in [1.807, 2.05) is 12.2 Å². The number of nitrogens with zero attached hydrogens (tertiary/aromatic N) is 3. The Morgan fingerprint density at radius 1 is 1.28 bits per heavy atom. The number of hydrogen-bond acceptors (Lipinski definition) is 5. The van der Waals surface area contributed by atoms with Crippen molar-refractivity contribution in [3.63, 3.8) is 0 Å². The largest absolute Gasteiger partial charge is 0.461 e. The fourth-order valence-corrected chi connectivity index (χ4v) is 1.59. The van der Waals surface area contributed by atoms with Crippen LogP contribution in [0.5, 0.6) is 0 Å². The highest BCUT2D eigenvalue weighted by atomic mass is 16.5. The number of furan rings is 1. The summed E-state index contributed by atoms with van der Waals surface area (Å²) in [5.74, 6) is 1.61. The van der Waals surface area contributed by atoms with Crippen LogP contribution in [0, 0.1) is 0 Å². The summed E-state index contributed by atoms with van der Waals surface area (Å²) in [4.78, 5) is 6.36. The molecule has 0 aliphatic rings. The maximum absolute atomic E-state index is 5.20. The zero-order chi connectivity index (χ0) is 12.8. The molecule has 2 aromatic heterocycles. The van der Waals surface area contributed by atoms with E-state index in [1.54, 1.807) is 18.4 Å². The smallest absolute Gasteiger partial charge is 0.241 e. The van der Waals surface area contributed by atoms with Gasteiger partial charge in [0.05, 0.1) is 12.8 Å². The van der Waals surface area contributed by atoms with Gasteiger partial charge in [0.1, 0.15) is 0 Å².